The van der Waals surface area contributed by atoms with Crippen LogP contribution in [0.3, 0.4) is 0 Å². The lowest BCUT2D eigenvalue weighted by atomic mass is 10.0. The third-order valence-electron chi connectivity index (χ3n) is 3.28. The Bertz CT molecular complexity index is 437. The molecule has 112 valence electrons. The summed E-state index contributed by atoms with van der Waals surface area (Å²) in [6.07, 6.45) is -0.439. The van der Waals surface area contributed by atoms with Gasteiger partial charge >= 0.3 is 5.97 Å². The van der Waals surface area contributed by atoms with Crippen LogP contribution in [0.4, 0.5) is 0 Å². The smallest absolute Gasteiger partial charge is 0.303 e. The van der Waals surface area contributed by atoms with Crippen molar-refractivity contribution in [2.45, 2.75) is 31.6 Å². The van der Waals surface area contributed by atoms with Gasteiger partial charge in [-0.3, -0.25) is 4.79 Å². The van der Waals surface area contributed by atoms with Crippen LogP contribution in [-0.2, 0) is 16.0 Å². The fourth-order valence-electron chi connectivity index (χ4n) is 2.33. The molecule has 3 atom stereocenters. The van der Waals surface area contributed by atoms with E-state index in [4.69, 9.17) is 9.47 Å². The van der Waals surface area contributed by atoms with Crippen molar-refractivity contribution >= 4 is 18.4 Å². The van der Waals surface area contributed by atoms with Gasteiger partial charge in [0.25, 0.3) is 0 Å². The van der Waals surface area contributed by atoms with Gasteiger partial charge in [-0.2, -0.15) is 0 Å². The first-order valence-electron chi connectivity index (χ1n) is 6.31. The number of ether oxygens (including phenoxy) is 2. The molecule has 1 aliphatic heterocycles. The predicted molar refractivity (Wildman–Crippen MR) is 77.3 cm³/mol. The van der Waals surface area contributed by atoms with Gasteiger partial charge in [-0.15, -0.1) is 12.4 Å². The summed E-state index contributed by atoms with van der Waals surface area (Å²) in [5, 5.41) is 13.0. The molecule has 0 unspecified atom stereocenters. The van der Waals surface area contributed by atoms with Gasteiger partial charge < -0.3 is 19.9 Å². The Morgan fingerprint density at radius 2 is 2.05 bits per heavy atom. The number of nitrogens with one attached hydrogen (secondary N) is 1. The number of carbonyl (C=O) groups is 1. The quantitative estimate of drug-likeness (QED) is 0.810. The van der Waals surface area contributed by atoms with Gasteiger partial charge in [-0.25, -0.2) is 0 Å². The van der Waals surface area contributed by atoms with Crippen molar-refractivity contribution in [3.63, 3.8) is 0 Å². The first kappa shape index (κ1) is 16.8. The van der Waals surface area contributed by atoms with Crippen LogP contribution in [0.25, 0.3) is 0 Å². The number of β-amino-alcohol motifs (C(OH)–C–C–N with tert-alkyl or cyclic N) is 1. The molecule has 0 aliphatic carbocycles. The molecule has 20 heavy (non-hydrogen) atoms. The number of benzene rings is 1. The van der Waals surface area contributed by atoms with Crippen LogP contribution in [-0.4, -0.2) is 43.0 Å². The monoisotopic (exact) mass is 301 g/mol. The highest BCUT2D eigenvalue weighted by Crippen LogP contribution is 2.19. The summed E-state index contributed by atoms with van der Waals surface area (Å²) in [5.41, 5.74) is 1.10. The Hall–Kier alpha value is -1.30. The standard InChI is InChI=1S/C14H19NO4.ClH/c1-9(16)19-14-12(15-8-13(14)17)7-10-3-5-11(18-2)6-4-10;/h3-6,12-15,17H,7-8H2,1-2H3;1H/t12-,13+,14+;/m0./s1. The van der Waals surface area contributed by atoms with Crippen LogP contribution < -0.4 is 10.1 Å². The summed E-state index contributed by atoms with van der Waals surface area (Å²) in [4.78, 5) is 11.0. The zero-order valence-electron chi connectivity index (χ0n) is 11.5. The summed E-state index contributed by atoms with van der Waals surface area (Å²) >= 11 is 0. The van der Waals surface area contributed by atoms with Gasteiger partial charge in [0.2, 0.25) is 0 Å². The molecule has 1 heterocycles. The summed E-state index contributed by atoms with van der Waals surface area (Å²) in [7, 11) is 1.63. The number of methoxy groups -OCH3 is 1. The first-order chi connectivity index (χ1) is 9.10. The summed E-state index contributed by atoms with van der Waals surface area (Å²) in [6.45, 7) is 1.80. The fraction of sp³-hybridized carbons (Fsp3) is 0.500. The Morgan fingerprint density at radius 3 is 2.60 bits per heavy atom. The second-order valence-electron chi connectivity index (χ2n) is 4.71. The van der Waals surface area contributed by atoms with Crippen LogP contribution in [0.2, 0.25) is 0 Å². The molecule has 1 saturated heterocycles. The Morgan fingerprint density at radius 1 is 1.40 bits per heavy atom. The van der Waals surface area contributed by atoms with Gasteiger partial charge in [0, 0.05) is 13.5 Å². The van der Waals surface area contributed by atoms with Crippen molar-refractivity contribution in [3.8, 4) is 5.75 Å². The summed E-state index contributed by atoms with van der Waals surface area (Å²) in [5.74, 6) is 0.437. The van der Waals surface area contributed by atoms with Gasteiger partial charge in [0.15, 0.2) is 0 Å². The van der Waals surface area contributed by atoms with Crippen molar-refractivity contribution in [2.24, 2.45) is 0 Å². The molecule has 0 radical (unpaired) electrons. The molecule has 0 spiro atoms. The highest BCUT2D eigenvalue weighted by Gasteiger charge is 2.37. The van der Waals surface area contributed by atoms with Crippen LogP contribution in [0.1, 0.15) is 12.5 Å². The van der Waals surface area contributed by atoms with E-state index in [1.54, 1.807) is 7.11 Å². The van der Waals surface area contributed by atoms with Gasteiger partial charge in [0.1, 0.15) is 18.0 Å². The normalized spacial score (nSPS) is 24.9. The number of carbonyl (C=O) groups excluding carboxylic acids is 1. The van der Waals surface area contributed by atoms with E-state index >= 15 is 0 Å². The Balaban J connectivity index is 0.00000200. The van der Waals surface area contributed by atoms with Crippen molar-refractivity contribution in [1.82, 2.24) is 5.32 Å². The predicted octanol–water partition coefficient (Wildman–Crippen LogP) is 0.924. The lowest BCUT2D eigenvalue weighted by Crippen LogP contribution is -2.38. The fourth-order valence-corrected chi connectivity index (χ4v) is 2.33. The van der Waals surface area contributed by atoms with Crippen LogP contribution >= 0.6 is 12.4 Å². The molecule has 0 aromatic heterocycles. The molecule has 1 aromatic rings. The van der Waals surface area contributed by atoms with Gasteiger partial charge in [0.05, 0.1) is 13.2 Å². The molecular formula is C14H20ClNO4. The number of hydrogen-bond acceptors (Lipinski definition) is 5. The molecule has 6 heteroatoms. The molecule has 0 bridgehead atoms. The van der Waals surface area contributed by atoms with Crippen molar-refractivity contribution in [3.05, 3.63) is 29.8 Å². The number of rotatable bonds is 4. The highest BCUT2D eigenvalue weighted by atomic mass is 35.5. The maximum atomic E-state index is 11.0. The maximum Gasteiger partial charge on any atom is 0.303 e. The lowest BCUT2D eigenvalue weighted by Gasteiger charge is -2.21. The second kappa shape index (κ2) is 7.47. The highest BCUT2D eigenvalue weighted by molar-refractivity contribution is 5.85. The van der Waals surface area contributed by atoms with E-state index in [2.05, 4.69) is 5.32 Å². The molecule has 0 saturated carbocycles. The van der Waals surface area contributed by atoms with Crippen LogP contribution in [0.5, 0.6) is 5.75 Å². The minimum Gasteiger partial charge on any atom is -0.497 e. The summed E-state index contributed by atoms with van der Waals surface area (Å²) in [6, 6.07) is 7.65. The SMILES string of the molecule is COc1ccc(C[C@@H]2NC[C@@H](O)[C@@H]2OC(C)=O)cc1.Cl. The summed E-state index contributed by atoms with van der Waals surface area (Å²) < 4.78 is 10.3. The minimum absolute atomic E-state index is 0. The second-order valence-corrected chi connectivity index (χ2v) is 4.71. The van der Waals surface area contributed by atoms with Crippen LogP contribution in [0, 0.1) is 0 Å². The zero-order chi connectivity index (χ0) is 13.8. The molecule has 2 N–H and O–H groups in total. The van der Waals surface area contributed by atoms with E-state index in [-0.39, 0.29) is 24.4 Å². The maximum absolute atomic E-state index is 11.0. The third kappa shape index (κ3) is 4.10. The van der Waals surface area contributed by atoms with Crippen molar-refractivity contribution in [2.75, 3.05) is 13.7 Å². The van der Waals surface area contributed by atoms with E-state index in [1.165, 1.54) is 6.92 Å². The zero-order valence-corrected chi connectivity index (χ0v) is 12.4. The molecular weight excluding hydrogens is 282 g/mol. The molecule has 1 fully saturated rings. The Kier molecular flexibility index (Phi) is 6.26. The van der Waals surface area contributed by atoms with Crippen molar-refractivity contribution < 1.29 is 19.4 Å². The van der Waals surface area contributed by atoms with E-state index < -0.39 is 12.2 Å². The average Bonchev–Trinajstić information content (AvgIpc) is 2.72. The molecule has 0 amide bonds. The van der Waals surface area contributed by atoms with Crippen molar-refractivity contribution in [1.29, 1.82) is 0 Å². The van der Waals surface area contributed by atoms with E-state index in [9.17, 15) is 9.90 Å². The minimum atomic E-state index is -0.646. The molecule has 5 nitrogen and oxygen atoms in total. The number of esters is 1. The number of aliphatic hydroxyl groups is 1. The lowest BCUT2D eigenvalue weighted by molar-refractivity contribution is -0.151. The first-order valence-corrected chi connectivity index (χ1v) is 6.31. The topological polar surface area (TPSA) is 67.8 Å². The van der Waals surface area contributed by atoms with E-state index in [0.717, 1.165) is 11.3 Å². The van der Waals surface area contributed by atoms with Gasteiger partial charge in [-0.1, -0.05) is 12.1 Å². The number of halogens is 1. The number of aliphatic hydroxyl groups excluding tert-OH is 1. The number of hydrogen-bond donors (Lipinski definition) is 2. The molecule has 1 aliphatic rings. The average molecular weight is 302 g/mol. The van der Waals surface area contributed by atoms with Crippen LogP contribution in [0.15, 0.2) is 24.3 Å². The Labute approximate surface area is 124 Å². The van der Waals surface area contributed by atoms with E-state index in [1.807, 2.05) is 24.3 Å². The van der Waals surface area contributed by atoms with E-state index in [0.29, 0.717) is 13.0 Å². The third-order valence-corrected chi connectivity index (χ3v) is 3.28. The molecule has 1 aromatic carbocycles. The molecule has 2 rings (SSSR count). The van der Waals surface area contributed by atoms with Gasteiger partial charge in [-0.05, 0) is 24.1 Å². The largest absolute Gasteiger partial charge is 0.497 e.